The van der Waals surface area contributed by atoms with Gasteiger partial charge in [0.05, 0.1) is 22.0 Å². The summed E-state index contributed by atoms with van der Waals surface area (Å²) in [6.07, 6.45) is 4.93. The van der Waals surface area contributed by atoms with Crippen molar-refractivity contribution in [2.75, 3.05) is 17.1 Å². The number of nitrogens with one attached hydrogen (secondary N) is 1. The Labute approximate surface area is 221 Å². The summed E-state index contributed by atoms with van der Waals surface area (Å²) in [7, 11) is -3.81. The summed E-state index contributed by atoms with van der Waals surface area (Å²) in [6.45, 7) is 1.20. The van der Waals surface area contributed by atoms with Crippen LogP contribution in [0.5, 0.6) is 0 Å². The third-order valence-electron chi connectivity index (χ3n) is 6.00. The Kier molecular flexibility index (Phi) is 9.32. The van der Waals surface area contributed by atoms with E-state index in [2.05, 4.69) is 5.32 Å². The van der Waals surface area contributed by atoms with E-state index in [-0.39, 0.29) is 18.5 Å². The maximum absolute atomic E-state index is 13.5. The molecular formula is C24H28Cl3N3O4S. The van der Waals surface area contributed by atoms with E-state index in [9.17, 15) is 18.0 Å². The van der Waals surface area contributed by atoms with Gasteiger partial charge in [0.1, 0.15) is 12.6 Å². The topological polar surface area (TPSA) is 86.8 Å². The molecule has 7 nitrogen and oxygen atoms in total. The monoisotopic (exact) mass is 559 g/mol. The summed E-state index contributed by atoms with van der Waals surface area (Å²) in [5, 5.41) is 4.14. The van der Waals surface area contributed by atoms with Gasteiger partial charge in [0.25, 0.3) is 0 Å². The summed E-state index contributed by atoms with van der Waals surface area (Å²) in [6, 6.07) is 10.3. The highest BCUT2D eigenvalue weighted by atomic mass is 35.5. The van der Waals surface area contributed by atoms with Crippen LogP contribution in [0.15, 0.2) is 42.5 Å². The Balaban J connectivity index is 1.88. The highest BCUT2D eigenvalue weighted by Crippen LogP contribution is 2.25. The van der Waals surface area contributed by atoms with Crippen molar-refractivity contribution in [2.45, 2.75) is 51.2 Å². The number of rotatable bonds is 9. The number of nitrogens with zero attached hydrogens (tertiary/aromatic N) is 2. The van der Waals surface area contributed by atoms with Gasteiger partial charge in [-0.25, -0.2) is 8.42 Å². The number of benzene rings is 2. The van der Waals surface area contributed by atoms with Crippen molar-refractivity contribution in [1.29, 1.82) is 0 Å². The van der Waals surface area contributed by atoms with Crippen LogP contribution in [0, 0.1) is 0 Å². The molecule has 0 radical (unpaired) electrons. The van der Waals surface area contributed by atoms with E-state index in [1.807, 2.05) is 0 Å². The van der Waals surface area contributed by atoms with Crippen molar-refractivity contribution < 1.29 is 18.0 Å². The lowest BCUT2D eigenvalue weighted by atomic mass is 10.1. The first kappa shape index (κ1) is 27.6. The lowest BCUT2D eigenvalue weighted by molar-refractivity contribution is -0.139. The number of anilines is 1. The van der Waals surface area contributed by atoms with Crippen LogP contribution < -0.4 is 9.62 Å². The first-order valence-corrected chi connectivity index (χ1v) is 14.2. The Bertz CT molecular complexity index is 1170. The third-order valence-corrected chi connectivity index (χ3v) is 8.13. The summed E-state index contributed by atoms with van der Waals surface area (Å²) >= 11 is 18.1. The minimum absolute atomic E-state index is 0.0488. The van der Waals surface area contributed by atoms with E-state index in [1.54, 1.807) is 37.3 Å². The summed E-state index contributed by atoms with van der Waals surface area (Å²) in [5.41, 5.74) is 0.952. The number of hydrogen-bond donors (Lipinski definition) is 1. The summed E-state index contributed by atoms with van der Waals surface area (Å²) in [5.74, 6) is -0.826. The normalized spacial score (nSPS) is 15.0. The minimum atomic E-state index is -3.81. The lowest BCUT2D eigenvalue weighted by Gasteiger charge is -2.32. The van der Waals surface area contributed by atoms with Gasteiger partial charge in [-0.2, -0.15) is 0 Å². The number of carbonyl (C=O) groups is 2. The molecule has 1 saturated carbocycles. The molecule has 2 aromatic carbocycles. The van der Waals surface area contributed by atoms with Gasteiger partial charge >= 0.3 is 0 Å². The molecule has 1 aliphatic rings. The second-order valence-corrected chi connectivity index (χ2v) is 11.8. The molecule has 11 heteroatoms. The van der Waals surface area contributed by atoms with Crippen molar-refractivity contribution in [1.82, 2.24) is 10.2 Å². The van der Waals surface area contributed by atoms with Gasteiger partial charge in [0.2, 0.25) is 21.8 Å². The number of hydrogen-bond acceptors (Lipinski definition) is 4. The van der Waals surface area contributed by atoms with Crippen LogP contribution in [0.4, 0.5) is 5.69 Å². The second kappa shape index (κ2) is 11.8. The van der Waals surface area contributed by atoms with Crippen LogP contribution in [0.25, 0.3) is 0 Å². The van der Waals surface area contributed by atoms with Gasteiger partial charge in [0, 0.05) is 17.6 Å². The van der Waals surface area contributed by atoms with Gasteiger partial charge in [-0.1, -0.05) is 53.7 Å². The largest absolute Gasteiger partial charge is 0.352 e. The van der Waals surface area contributed by atoms with Crippen LogP contribution in [-0.4, -0.2) is 50.0 Å². The fourth-order valence-electron chi connectivity index (χ4n) is 4.03. The molecule has 3 rings (SSSR count). The molecule has 1 aliphatic carbocycles. The molecule has 0 aliphatic heterocycles. The lowest BCUT2D eigenvalue weighted by Crippen LogP contribution is -2.52. The van der Waals surface area contributed by atoms with E-state index in [0.717, 1.165) is 36.2 Å². The zero-order valence-corrected chi connectivity index (χ0v) is 22.6. The van der Waals surface area contributed by atoms with Gasteiger partial charge < -0.3 is 10.2 Å². The van der Waals surface area contributed by atoms with E-state index in [4.69, 9.17) is 34.8 Å². The molecule has 0 aromatic heterocycles. The van der Waals surface area contributed by atoms with Crippen molar-refractivity contribution in [3.63, 3.8) is 0 Å². The van der Waals surface area contributed by atoms with Gasteiger partial charge in [0.15, 0.2) is 0 Å². The zero-order chi connectivity index (χ0) is 25.8. The zero-order valence-electron chi connectivity index (χ0n) is 19.5. The van der Waals surface area contributed by atoms with Gasteiger partial charge in [-0.05, 0) is 61.7 Å². The smallest absolute Gasteiger partial charge is 0.244 e. The Morgan fingerprint density at radius 1 is 1.03 bits per heavy atom. The highest BCUT2D eigenvalue weighted by molar-refractivity contribution is 7.92. The van der Waals surface area contributed by atoms with E-state index >= 15 is 0 Å². The molecule has 0 spiro atoms. The quantitative estimate of drug-likeness (QED) is 0.473. The molecule has 2 aromatic rings. The van der Waals surface area contributed by atoms with Crippen molar-refractivity contribution in [3.05, 3.63) is 63.1 Å². The predicted molar refractivity (Wildman–Crippen MR) is 141 cm³/mol. The van der Waals surface area contributed by atoms with Crippen LogP contribution in [-0.2, 0) is 26.2 Å². The van der Waals surface area contributed by atoms with Crippen LogP contribution in [0.1, 0.15) is 38.2 Å². The molecule has 0 heterocycles. The predicted octanol–water partition coefficient (Wildman–Crippen LogP) is 4.89. The SMILES string of the molecule is CC(C(=O)NC1CCCC1)N(Cc1ccc(Cl)c(Cl)c1)C(=O)CN(c1ccc(Cl)cc1)S(C)(=O)=O. The fraction of sp³-hybridized carbons (Fsp3) is 0.417. The van der Waals surface area contributed by atoms with Crippen molar-refractivity contribution in [3.8, 4) is 0 Å². The summed E-state index contributed by atoms with van der Waals surface area (Å²) in [4.78, 5) is 27.9. The maximum atomic E-state index is 13.5. The Morgan fingerprint density at radius 2 is 1.66 bits per heavy atom. The number of halogens is 3. The first-order valence-electron chi connectivity index (χ1n) is 11.2. The number of carbonyl (C=O) groups excluding carboxylic acids is 2. The van der Waals surface area contributed by atoms with Gasteiger partial charge in [-0.15, -0.1) is 0 Å². The first-order chi connectivity index (χ1) is 16.5. The molecule has 190 valence electrons. The van der Waals surface area contributed by atoms with E-state index in [0.29, 0.717) is 26.3 Å². The molecule has 1 atom stereocenters. The van der Waals surface area contributed by atoms with Crippen LogP contribution >= 0.6 is 34.8 Å². The molecule has 1 fully saturated rings. The maximum Gasteiger partial charge on any atom is 0.244 e. The average Bonchev–Trinajstić information content (AvgIpc) is 3.30. The number of amides is 2. The second-order valence-electron chi connectivity index (χ2n) is 8.68. The van der Waals surface area contributed by atoms with Gasteiger partial charge in [-0.3, -0.25) is 13.9 Å². The van der Waals surface area contributed by atoms with Crippen molar-refractivity contribution >= 4 is 62.3 Å². The molecule has 0 bridgehead atoms. The van der Waals surface area contributed by atoms with Crippen molar-refractivity contribution in [2.24, 2.45) is 0 Å². The molecule has 0 saturated heterocycles. The molecule has 2 amide bonds. The Hall–Kier alpha value is -2.00. The minimum Gasteiger partial charge on any atom is -0.352 e. The van der Waals surface area contributed by atoms with E-state index in [1.165, 1.54) is 17.0 Å². The van der Waals surface area contributed by atoms with Crippen LogP contribution in [0.2, 0.25) is 15.1 Å². The summed E-state index contributed by atoms with van der Waals surface area (Å²) < 4.78 is 26.1. The third kappa shape index (κ3) is 7.49. The molecule has 1 unspecified atom stereocenters. The Morgan fingerprint density at radius 3 is 2.23 bits per heavy atom. The number of sulfonamides is 1. The standard InChI is InChI=1S/C24H28Cl3N3O4S/c1-16(24(32)28-19-5-3-4-6-19)29(14-17-7-12-21(26)22(27)13-17)23(31)15-30(35(2,33)34)20-10-8-18(25)9-11-20/h7-13,16,19H,3-6,14-15H2,1-2H3,(H,28,32). The van der Waals surface area contributed by atoms with Crippen LogP contribution in [0.3, 0.4) is 0 Å². The molecular weight excluding hydrogens is 533 g/mol. The molecule has 35 heavy (non-hydrogen) atoms. The van der Waals surface area contributed by atoms with E-state index < -0.39 is 28.5 Å². The highest BCUT2D eigenvalue weighted by Gasteiger charge is 2.31. The molecule has 1 N–H and O–H groups in total. The fourth-order valence-corrected chi connectivity index (χ4v) is 5.33. The average molecular weight is 561 g/mol.